The summed E-state index contributed by atoms with van der Waals surface area (Å²) in [5.74, 6) is 2.77. The maximum absolute atomic E-state index is 2.35. The number of hydrogen-bond acceptors (Lipinski definition) is 1. The van der Waals surface area contributed by atoms with E-state index >= 15 is 0 Å². The number of benzene rings is 1. The third-order valence-electron chi connectivity index (χ3n) is 2.87. The van der Waals surface area contributed by atoms with Crippen LogP contribution in [0.15, 0.2) is 34.1 Å². The molecule has 0 nitrogen and oxygen atoms in total. The molecule has 0 bridgehead atoms. The Morgan fingerprint density at radius 2 is 1.59 bits per heavy atom. The molecule has 0 aromatic heterocycles. The second-order valence-corrected chi connectivity index (χ2v) is 7.35. The fourth-order valence-electron chi connectivity index (χ4n) is 1.82. The molecule has 96 valence electrons. The van der Waals surface area contributed by atoms with Crippen molar-refractivity contribution in [1.82, 2.24) is 0 Å². The molecule has 0 saturated heterocycles. The predicted octanol–water partition coefficient (Wildman–Crippen LogP) is 4.99. The highest BCUT2D eigenvalue weighted by atomic mass is 32.2. The molecule has 2 heteroatoms. The number of rotatable bonds is 8. The minimum Gasteiger partial charge on any atom is -0.124 e. The SMILES string of the molecule is CCCC[S+](CCCC)c1ccccc1SC. The van der Waals surface area contributed by atoms with Gasteiger partial charge in [-0.2, -0.15) is 0 Å². The van der Waals surface area contributed by atoms with Crippen LogP contribution < -0.4 is 0 Å². The molecule has 0 amide bonds. The summed E-state index contributed by atoms with van der Waals surface area (Å²) in [7, 11) is 0.480. The molecule has 0 N–H and O–H groups in total. The number of thioether (sulfide) groups is 1. The second kappa shape index (κ2) is 8.93. The molecular formula is C15H25S2+. The van der Waals surface area contributed by atoms with Crippen LogP contribution in [0.3, 0.4) is 0 Å². The van der Waals surface area contributed by atoms with Gasteiger partial charge in [0, 0.05) is 10.9 Å². The summed E-state index contributed by atoms with van der Waals surface area (Å²) < 4.78 is 0. The van der Waals surface area contributed by atoms with E-state index in [9.17, 15) is 0 Å². The van der Waals surface area contributed by atoms with Gasteiger partial charge in [-0.15, -0.1) is 11.8 Å². The molecule has 0 aliphatic heterocycles. The third kappa shape index (κ3) is 4.97. The Labute approximate surface area is 114 Å². The van der Waals surface area contributed by atoms with Gasteiger partial charge in [-0.1, -0.05) is 38.8 Å². The highest BCUT2D eigenvalue weighted by Crippen LogP contribution is 2.28. The summed E-state index contributed by atoms with van der Waals surface area (Å²) in [6, 6.07) is 8.99. The topological polar surface area (TPSA) is 0 Å². The van der Waals surface area contributed by atoms with Gasteiger partial charge in [-0.3, -0.25) is 0 Å². The Hall–Kier alpha value is -0.0800. The summed E-state index contributed by atoms with van der Waals surface area (Å²) in [4.78, 5) is 3.10. The summed E-state index contributed by atoms with van der Waals surface area (Å²) in [6.45, 7) is 4.59. The van der Waals surface area contributed by atoms with Gasteiger partial charge in [-0.05, 0) is 31.2 Å². The fraction of sp³-hybridized carbons (Fsp3) is 0.600. The van der Waals surface area contributed by atoms with E-state index in [-0.39, 0.29) is 0 Å². The Kier molecular flexibility index (Phi) is 7.87. The molecule has 17 heavy (non-hydrogen) atoms. The van der Waals surface area contributed by atoms with E-state index in [4.69, 9.17) is 0 Å². The van der Waals surface area contributed by atoms with Crippen molar-refractivity contribution < 1.29 is 0 Å². The van der Waals surface area contributed by atoms with Gasteiger partial charge in [0.1, 0.15) is 11.5 Å². The van der Waals surface area contributed by atoms with Crippen molar-refractivity contribution in [2.45, 2.75) is 49.3 Å². The van der Waals surface area contributed by atoms with Crippen molar-refractivity contribution in [1.29, 1.82) is 0 Å². The van der Waals surface area contributed by atoms with E-state index in [0.717, 1.165) is 0 Å². The van der Waals surface area contributed by atoms with Crippen molar-refractivity contribution in [3.63, 3.8) is 0 Å². The van der Waals surface area contributed by atoms with E-state index in [1.54, 1.807) is 4.90 Å². The van der Waals surface area contributed by atoms with Crippen LogP contribution in [-0.4, -0.2) is 17.8 Å². The lowest BCUT2D eigenvalue weighted by Crippen LogP contribution is -2.13. The highest BCUT2D eigenvalue weighted by Gasteiger charge is 2.23. The van der Waals surface area contributed by atoms with Crippen LogP contribution in [-0.2, 0) is 10.9 Å². The molecule has 0 fully saturated rings. The lowest BCUT2D eigenvalue weighted by molar-refractivity contribution is 0.869. The van der Waals surface area contributed by atoms with Gasteiger partial charge in [-0.25, -0.2) is 0 Å². The van der Waals surface area contributed by atoms with E-state index < -0.39 is 0 Å². The lowest BCUT2D eigenvalue weighted by Gasteiger charge is -2.10. The van der Waals surface area contributed by atoms with Crippen LogP contribution in [0.25, 0.3) is 0 Å². The first-order valence-electron chi connectivity index (χ1n) is 6.64. The average Bonchev–Trinajstić information content (AvgIpc) is 2.39. The smallest absolute Gasteiger partial charge is 0.124 e. The van der Waals surface area contributed by atoms with Gasteiger partial charge >= 0.3 is 0 Å². The van der Waals surface area contributed by atoms with E-state index in [1.165, 1.54) is 42.1 Å². The van der Waals surface area contributed by atoms with Crippen LogP contribution >= 0.6 is 11.8 Å². The zero-order valence-electron chi connectivity index (χ0n) is 11.4. The Morgan fingerprint density at radius 3 is 2.12 bits per heavy atom. The minimum absolute atomic E-state index is 0.480. The Morgan fingerprint density at radius 1 is 1.00 bits per heavy atom. The average molecular weight is 269 g/mol. The maximum atomic E-state index is 2.35. The molecule has 0 aliphatic carbocycles. The molecule has 0 unspecified atom stereocenters. The Balaban J connectivity index is 2.78. The van der Waals surface area contributed by atoms with E-state index in [2.05, 4.69) is 44.4 Å². The fourth-order valence-corrected chi connectivity index (χ4v) is 5.45. The van der Waals surface area contributed by atoms with Crippen LogP contribution in [0.2, 0.25) is 0 Å². The monoisotopic (exact) mass is 269 g/mol. The van der Waals surface area contributed by atoms with E-state index in [1.807, 2.05) is 11.8 Å². The van der Waals surface area contributed by atoms with Crippen LogP contribution in [0.4, 0.5) is 0 Å². The molecule has 1 rings (SSSR count). The van der Waals surface area contributed by atoms with Crippen molar-refractivity contribution in [3.8, 4) is 0 Å². The summed E-state index contributed by atoms with van der Waals surface area (Å²) in [6.07, 6.45) is 7.57. The zero-order valence-corrected chi connectivity index (χ0v) is 13.0. The number of unbranched alkanes of at least 4 members (excludes halogenated alkanes) is 2. The number of hydrogen-bond donors (Lipinski definition) is 0. The first-order valence-corrected chi connectivity index (χ1v) is 9.42. The van der Waals surface area contributed by atoms with Crippen molar-refractivity contribution >= 4 is 22.7 Å². The quantitative estimate of drug-likeness (QED) is 0.473. The van der Waals surface area contributed by atoms with Crippen molar-refractivity contribution in [3.05, 3.63) is 24.3 Å². The lowest BCUT2D eigenvalue weighted by atomic mass is 10.4. The van der Waals surface area contributed by atoms with Gasteiger partial charge < -0.3 is 0 Å². The summed E-state index contributed by atoms with van der Waals surface area (Å²) >= 11 is 1.90. The molecule has 0 atom stereocenters. The molecule has 1 aromatic rings. The summed E-state index contributed by atoms with van der Waals surface area (Å²) in [5.41, 5.74) is 0. The molecule has 0 saturated carbocycles. The van der Waals surface area contributed by atoms with Gasteiger partial charge in [0.25, 0.3) is 0 Å². The largest absolute Gasteiger partial charge is 0.168 e. The molecule has 0 aliphatic rings. The van der Waals surface area contributed by atoms with Gasteiger partial charge in [0.15, 0.2) is 4.90 Å². The van der Waals surface area contributed by atoms with Crippen molar-refractivity contribution in [2.75, 3.05) is 17.8 Å². The molecule has 0 radical (unpaired) electrons. The highest BCUT2D eigenvalue weighted by molar-refractivity contribution is 8.00. The van der Waals surface area contributed by atoms with E-state index in [0.29, 0.717) is 10.9 Å². The first-order chi connectivity index (χ1) is 8.33. The molecular weight excluding hydrogens is 244 g/mol. The molecule has 0 spiro atoms. The second-order valence-electron chi connectivity index (χ2n) is 4.26. The van der Waals surface area contributed by atoms with Gasteiger partial charge in [0.05, 0.1) is 4.90 Å². The maximum Gasteiger partial charge on any atom is 0.168 e. The van der Waals surface area contributed by atoms with Gasteiger partial charge in [0.2, 0.25) is 0 Å². The minimum atomic E-state index is 0.480. The van der Waals surface area contributed by atoms with Crippen LogP contribution in [0, 0.1) is 0 Å². The molecule has 1 aromatic carbocycles. The van der Waals surface area contributed by atoms with Crippen molar-refractivity contribution in [2.24, 2.45) is 0 Å². The summed E-state index contributed by atoms with van der Waals surface area (Å²) in [5, 5.41) is 0. The normalized spacial score (nSPS) is 11.1. The zero-order chi connectivity index (χ0) is 12.5. The first kappa shape index (κ1) is 15.0. The van der Waals surface area contributed by atoms with Crippen LogP contribution in [0.5, 0.6) is 0 Å². The molecule has 0 heterocycles. The standard InChI is InChI=1S/C15H25S2/c1-4-6-12-17(13-7-5-2)15-11-9-8-10-14(15)16-3/h8-11H,4-7,12-13H2,1-3H3/q+1. The Bertz CT molecular complexity index is 302. The predicted molar refractivity (Wildman–Crippen MR) is 83.4 cm³/mol. The van der Waals surface area contributed by atoms with Crippen LogP contribution in [0.1, 0.15) is 39.5 Å². The third-order valence-corrected chi connectivity index (χ3v) is 6.33.